The molecule has 0 saturated carbocycles. The zero-order valence-electron chi connectivity index (χ0n) is 13.1. The number of nitrogens with one attached hydrogen (secondary N) is 2. The highest BCUT2D eigenvalue weighted by Crippen LogP contribution is 2.18. The van der Waals surface area contributed by atoms with Crippen molar-refractivity contribution >= 4 is 16.8 Å². The highest BCUT2D eigenvalue weighted by Gasteiger charge is 2.09. The average molecular weight is 306 g/mol. The summed E-state index contributed by atoms with van der Waals surface area (Å²) < 4.78 is 0. The molecule has 1 aromatic heterocycles. The molecule has 0 saturated heterocycles. The summed E-state index contributed by atoms with van der Waals surface area (Å²) in [5, 5.41) is 3.76. The molecule has 0 radical (unpaired) electrons. The van der Waals surface area contributed by atoms with Crippen LogP contribution in [0.5, 0.6) is 0 Å². The Bertz CT molecular complexity index is 927. The number of hydrogen-bond acceptors (Lipinski definition) is 2. The van der Waals surface area contributed by atoms with Gasteiger partial charge in [-0.2, -0.15) is 0 Å². The van der Waals surface area contributed by atoms with E-state index in [1.807, 2.05) is 50.2 Å². The molecule has 4 nitrogen and oxygen atoms in total. The van der Waals surface area contributed by atoms with Crippen molar-refractivity contribution in [1.82, 2.24) is 10.3 Å². The maximum absolute atomic E-state index is 12.2. The van der Waals surface area contributed by atoms with Crippen LogP contribution in [0, 0.1) is 13.8 Å². The van der Waals surface area contributed by atoms with Crippen LogP contribution in [0.1, 0.15) is 27.0 Å². The van der Waals surface area contributed by atoms with E-state index in [4.69, 9.17) is 0 Å². The molecular weight excluding hydrogens is 288 g/mol. The Morgan fingerprint density at radius 2 is 1.83 bits per heavy atom. The van der Waals surface area contributed by atoms with Crippen molar-refractivity contribution in [3.63, 3.8) is 0 Å². The Morgan fingerprint density at radius 3 is 2.57 bits per heavy atom. The Hall–Kier alpha value is -2.88. The normalized spacial score (nSPS) is 10.7. The Morgan fingerprint density at radius 1 is 1.09 bits per heavy atom. The van der Waals surface area contributed by atoms with Gasteiger partial charge >= 0.3 is 0 Å². The smallest absolute Gasteiger partial charge is 0.253 e. The van der Waals surface area contributed by atoms with Crippen LogP contribution in [0.4, 0.5) is 0 Å². The SMILES string of the molecule is Cc1ccc2cc(CNC(=O)c3ccccc3)c(=O)[nH]c2c1C. The van der Waals surface area contributed by atoms with E-state index in [0.717, 1.165) is 22.0 Å². The fraction of sp³-hybridized carbons (Fsp3) is 0.158. The Kier molecular flexibility index (Phi) is 3.98. The van der Waals surface area contributed by atoms with E-state index in [2.05, 4.69) is 10.3 Å². The highest BCUT2D eigenvalue weighted by atomic mass is 16.1. The van der Waals surface area contributed by atoms with Crippen LogP contribution in [-0.4, -0.2) is 10.9 Å². The van der Waals surface area contributed by atoms with E-state index in [0.29, 0.717) is 11.1 Å². The third kappa shape index (κ3) is 3.01. The van der Waals surface area contributed by atoms with E-state index in [1.165, 1.54) is 0 Å². The van der Waals surface area contributed by atoms with Crippen molar-refractivity contribution < 1.29 is 4.79 Å². The lowest BCUT2D eigenvalue weighted by molar-refractivity contribution is 0.0951. The van der Waals surface area contributed by atoms with Crippen LogP contribution in [0.2, 0.25) is 0 Å². The molecular formula is C19H18N2O2. The second-order valence-electron chi connectivity index (χ2n) is 5.64. The van der Waals surface area contributed by atoms with Gasteiger partial charge in [0.1, 0.15) is 0 Å². The van der Waals surface area contributed by atoms with Gasteiger partial charge in [-0.1, -0.05) is 30.3 Å². The van der Waals surface area contributed by atoms with Gasteiger partial charge in [0.15, 0.2) is 0 Å². The van der Waals surface area contributed by atoms with Crippen LogP contribution < -0.4 is 10.9 Å². The Balaban J connectivity index is 1.86. The number of carbonyl (C=O) groups excluding carboxylic acids is 1. The summed E-state index contributed by atoms with van der Waals surface area (Å²) in [6.07, 6.45) is 0. The number of aromatic amines is 1. The van der Waals surface area contributed by atoms with E-state index in [1.54, 1.807) is 12.1 Å². The molecule has 1 heterocycles. The maximum Gasteiger partial charge on any atom is 0.253 e. The van der Waals surface area contributed by atoms with Crippen LogP contribution in [0.15, 0.2) is 53.3 Å². The number of rotatable bonds is 3. The van der Waals surface area contributed by atoms with Gasteiger partial charge in [-0.05, 0) is 48.6 Å². The van der Waals surface area contributed by atoms with Crippen molar-refractivity contribution in [2.75, 3.05) is 0 Å². The number of benzene rings is 2. The van der Waals surface area contributed by atoms with Crippen LogP contribution >= 0.6 is 0 Å². The number of H-pyrrole nitrogens is 1. The summed E-state index contributed by atoms with van der Waals surface area (Å²) in [4.78, 5) is 27.2. The highest BCUT2D eigenvalue weighted by molar-refractivity contribution is 5.94. The minimum atomic E-state index is -0.190. The molecule has 0 aliphatic rings. The van der Waals surface area contributed by atoms with E-state index < -0.39 is 0 Å². The number of carbonyl (C=O) groups is 1. The number of amides is 1. The summed E-state index contributed by atoms with van der Waals surface area (Å²) in [6.45, 7) is 4.21. The lowest BCUT2D eigenvalue weighted by Crippen LogP contribution is -2.26. The largest absolute Gasteiger partial charge is 0.348 e. The molecule has 0 unspecified atom stereocenters. The number of aryl methyl sites for hydroxylation is 2. The standard InChI is InChI=1S/C19H18N2O2/c1-12-8-9-15-10-16(19(23)21-17(15)13(12)2)11-20-18(22)14-6-4-3-5-7-14/h3-10H,11H2,1-2H3,(H,20,22)(H,21,23). The number of hydrogen-bond donors (Lipinski definition) is 2. The molecule has 0 aliphatic heterocycles. The minimum Gasteiger partial charge on any atom is -0.348 e. The van der Waals surface area contributed by atoms with Crippen LogP contribution in [-0.2, 0) is 6.54 Å². The van der Waals surface area contributed by atoms with Gasteiger partial charge in [0, 0.05) is 17.7 Å². The zero-order valence-corrected chi connectivity index (χ0v) is 13.1. The molecule has 0 fully saturated rings. The van der Waals surface area contributed by atoms with Crippen LogP contribution in [0.25, 0.3) is 10.9 Å². The third-order valence-corrected chi connectivity index (χ3v) is 4.10. The van der Waals surface area contributed by atoms with Gasteiger partial charge in [0.2, 0.25) is 0 Å². The van der Waals surface area contributed by atoms with Gasteiger partial charge in [0.05, 0.1) is 5.52 Å². The predicted octanol–water partition coefficient (Wildman–Crippen LogP) is 3.07. The van der Waals surface area contributed by atoms with Crippen molar-refractivity contribution in [3.05, 3.63) is 81.1 Å². The second kappa shape index (κ2) is 6.08. The topological polar surface area (TPSA) is 62.0 Å². The molecule has 0 aliphatic carbocycles. The number of aromatic nitrogens is 1. The molecule has 0 bridgehead atoms. The van der Waals surface area contributed by atoms with Crippen molar-refractivity contribution in [2.24, 2.45) is 0 Å². The Labute approximate surface area is 134 Å². The van der Waals surface area contributed by atoms with Gasteiger partial charge in [-0.3, -0.25) is 9.59 Å². The second-order valence-corrected chi connectivity index (χ2v) is 5.64. The fourth-order valence-electron chi connectivity index (χ4n) is 2.57. The zero-order chi connectivity index (χ0) is 16.4. The van der Waals surface area contributed by atoms with Gasteiger partial charge in [-0.15, -0.1) is 0 Å². The van der Waals surface area contributed by atoms with Gasteiger partial charge in [-0.25, -0.2) is 0 Å². The lowest BCUT2D eigenvalue weighted by atomic mass is 10.0. The molecule has 0 atom stereocenters. The van der Waals surface area contributed by atoms with E-state index in [9.17, 15) is 9.59 Å². The first-order chi connectivity index (χ1) is 11.1. The molecule has 1 amide bonds. The summed E-state index contributed by atoms with van der Waals surface area (Å²) in [5.41, 5.74) is 4.02. The molecule has 3 rings (SSSR count). The first kappa shape index (κ1) is 15.0. The van der Waals surface area contributed by atoms with Gasteiger partial charge < -0.3 is 10.3 Å². The number of pyridine rings is 1. The maximum atomic E-state index is 12.2. The molecule has 23 heavy (non-hydrogen) atoms. The summed E-state index contributed by atoms with van der Waals surface area (Å²) in [6, 6.07) is 14.8. The molecule has 2 aromatic carbocycles. The fourth-order valence-corrected chi connectivity index (χ4v) is 2.57. The molecule has 0 spiro atoms. The quantitative estimate of drug-likeness (QED) is 0.781. The first-order valence-electron chi connectivity index (χ1n) is 7.51. The minimum absolute atomic E-state index is 0.167. The van der Waals surface area contributed by atoms with Crippen LogP contribution in [0.3, 0.4) is 0 Å². The summed E-state index contributed by atoms with van der Waals surface area (Å²) in [7, 11) is 0. The predicted molar refractivity (Wildman–Crippen MR) is 91.7 cm³/mol. The summed E-state index contributed by atoms with van der Waals surface area (Å²) >= 11 is 0. The first-order valence-corrected chi connectivity index (χ1v) is 7.51. The summed E-state index contributed by atoms with van der Waals surface area (Å²) in [5.74, 6) is -0.190. The van der Waals surface area contributed by atoms with Crippen molar-refractivity contribution in [3.8, 4) is 0 Å². The molecule has 3 aromatic rings. The van der Waals surface area contributed by atoms with Crippen molar-refractivity contribution in [1.29, 1.82) is 0 Å². The monoisotopic (exact) mass is 306 g/mol. The average Bonchev–Trinajstić information content (AvgIpc) is 2.57. The van der Waals surface area contributed by atoms with E-state index in [-0.39, 0.29) is 18.0 Å². The molecule has 2 N–H and O–H groups in total. The molecule has 4 heteroatoms. The molecule has 116 valence electrons. The van der Waals surface area contributed by atoms with E-state index >= 15 is 0 Å². The third-order valence-electron chi connectivity index (χ3n) is 4.10. The number of fused-ring (bicyclic) bond motifs is 1. The van der Waals surface area contributed by atoms with Crippen molar-refractivity contribution in [2.45, 2.75) is 20.4 Å². The lowest BCUT2D eigenvalue weighted by Gasteiger charge is -2.09. The van der Waals surface area contributed by atoms with Gasteiger partial charge in [0.25, 0.3) is 11.5 Å².